The van der Waals surface area contributed by atoms with Crippen molar-refractivity contribution in [2.75, 3.05) is 33.3 Å². The lowest BCUT2D eigenvalue weighted by atomic mass is 10.1. The Hall–Kier alpha value is -3.44. The summed E-state index contributed by atoms with van der Waals surface area (Å²) in [4.78, 5) is 38.2. The van der Waals surface area contributed by atoms with E-state index in [-0.39, 0.29) is 49.8 Å². The molecule has 2 N–H and O–H groups in total. The second-order valence-corrected chi connectivity index (χ2v) is 10.1. The van der Waals surface area contributed by atoms with Crippen LogP contribution in [-0.4, -0.2) is 79.8 Å². The molecule has 35 heavy (non-hydrogen) atoms. The average Bonchev–Trinajstić information content (AvgIpc) is 2.86. The molecule has 0 aromatic heterocycles. The van der Waals surface area contributed by atoms with Gasteiger partial charge < -0.3 is 20.1 Å². The van der Waals surface area contributed by atoms with Gasteiger partial charge in [0.05, 0.1) is 12.0 Å². The predicted molar refractivity (Wildman–Crippen MR) is 128 cm³/mol. The molecule has 2 aromatic rings. The van der Waals surface area contributed by atoms with Gasteiger partial charge in [-0.05, 0) is 49.2 Å². The Morgan fingerprint density at radius 1 is 1.06 bits per heavy atom. The molecule has 3 rings (SSSR count). The van der Waals surface area contributed by atoms with Crippen molar-refractivity contribution in [2.45, 2.75) is 30.7 Å². The Balaban J connectivity index is 1.54. The average molecular weight is 504 g/mol. The fourth-order valence-corrected chi connectivity index (χ4v) is 5.36. The van der Waals surface area contributed by atoms with Crippen LogP contribution in [0.5, 0.6) is 5.75 Å². The van der Waals surface area contributed by atoms with Crippen molar-refractivity contribution >= 4 is 27.8 Å². The number of nitrogens with one attached hydrogen (secondary N) is 1. The number of methoxy groups -OCH3 is 1. The standard InChI is InChI=1S/C24H29N3O7S/c1-17-16-19(8-10-21(17)34-2)35(32,33)27-14-12-26(13-15-27)22(28)11-9-20(24(30)31)25-23(29)18-6-4-3-5-7-18/h3-8,10,16,20H,9,11-15H2,1-2H3,(H,25,29)(H,30,31)/t20-/m0/s1. The van der Waals surface area contributed by atoms with E-state index in [2.05, 4.69) is 5.32 Å². The van der Waals surface area contributed by atoms with Gasteiger partial charge >= 0.3 is 5.97 Å². The van der Waals surface area contributed by atoms with E-state index < -0.39 is 27.9 Å². The van der Waals surface area contributed by atoms with Crippen LogP contribution in [0.4, 0.5) is 0 Å². The normalized spacial score (nSPS) is 15.3. The molecule has 0 unspecified atom stereocenters. The summed E-state index contributed by atoms with van der Waals surface area (Å²) < 4.78 is 32.5. The number of sulfonamides is 1. The summed E-state index contributed by atoms with van der Waals surface area (Å²) in [5, 5.41) is 11.9. The lowest BCUT2D eigenvalue weighted by Gasteiger charge is -2.34. The van der Waals surface area contributed by atoms with Crippen LogP contribution in [0, 0.1) is 6.92 Å². The third-order valence-corrected chi connectivity index (χ3v) is 7.78. The van der Waals surface area contributed by atoms with Gasteiger partial charge in [-0.2, -0.15) is 4.31 Å². The fraction of sp³-hybridized carbons (Fsp3) is 0.375. The number of carboxylic acids is 1. The molecule has 0 aliphatic carbocycles. The molecule has 1 heterocycles. The van der Waals surface area contributed by atoms with E-state index >= 15 is 0 Å². The Labute approximate surface area is 204 Å². The third-order valence-electron chi connectivity index (χ3n) is 5.88. The minimum absolute atomic E-state index is 0.0730. The maximum Gasteiger partial charge on any atom is 0.326 e. The predicted octanol–water partition coefficient (Wildman–Crippen LogP) is 1.50. The first kappa shape index (κ1) is 26.2. The highest BCUT2D eigenvalue weighted by atomic mass is 32.2. The van der Waals surface area contributed by atoms with Gasteiger partial charge in [0.15, 0.2) is 0 Å². The topological polar surface area (TPSA) is 133 Å². The molecule has 2 aromatic carbocycles. The number of aryl methyl sites for hydroxylation is 1. The second kappa shape index (κ2) is 11.3. The van der Waals surface area contributed by atoms with Crippen molar-refractivity contribution in [3.63, 3.8) is 0 Å². The molecule has 1 saturated heterocycles. The maximum atomic E-state index is 13.0. The first-order valence-electron chi connectivity index (χ1n) is 11.1. The number of carbonyl (C=O) groups is 3. The van der Waals surface area contributed by atoms with Crippen LogP contribution < -0.4 is 10.1 Å². The molecule has 0 radical (unpaired) electrons. The number of rotatable bonds is 9. The number of carboxylic acid groups (broad SMARTS) is 1. The van der Waals surface area contributed by atoms with E-state index in [4.69, 9.17) is 4.74 Å². The van der Waals surface area contributed by atoms with Crippen LogP contribution in [-0.2, 0) is 19.6 Å². The van der Waals surface area contributed by atoms with Crippen molar-refractivity contribution in [3.8, 4) is 5.75 Å². The van der Waals surface area contributed by atoms with E-state index in [1.807, 2.05) is 0 Å². The van der Waals surface area contributed by atoms with Gasteiger partial charge in [0, 0.05) is 38.2 Å². The highest BCUT2D eigenvalue weighted by molar-refractivity contribution is 7.89. The Kier molecular flexibility index (Phi) is 8.47. The fourth-order valence-electron chi connectivity index (χ4n) is 3.85. The van der Waals surface area contributed by atoms with Gasteiger partial charge in [0.1, 0.15) is 11.8 Å². The molecule has 1 aliphatic rings. The summed E-state index contributed by atoms with van der Waals surface area (Å²) >= 11 is 0. The molecule has 0 saturated carbocycles. The minimum Gasteiger partial charge on any atom is -0.496 e. The quantitative estimate of drug-likeness (QED) is 0.530. The number of carbonyl (C=O) groups excluding carboxylic acids is 2. The summed E-state index contributed by atoms with van der Waals surface area (Å²) in [5.74, 6) is -1.45. The van der Waals surface area contributed by atoms with Crippen molar-refractivity contribution in [1.29, 1.82) is 0 Å². The number of nitrogens with zero attached hydrogens (tertiary/aromatic N) is 2. The zero-order valence-electron chi connectivity index (χ0n) is 19.6. The third kappa shape index (κ3) is 6.37. The molecular weight excluding hydrogens is 474 g/mol. The molecule has 0 bridgehead atoms. The first-order valence-corrected chi connectivity index (χ1v) is 12.6. The molecule has 10 nitrogen and oxygen atoms in total. The molecule has 188 valence electrons. The monoisotopic (exact) mass is 503 g/mol. The van der Waals surface area contributed by atoms with Gasteiger partial charge in [-0.1, -0.05) is 18.2 Å². The van der Waals surface area contributed by atoms with Crippen LogP contribution in [0.2, 0.25) is 0 Å². The van der Waals surface area contributed by atoms with E-state index in [0.717, 1.165) is 0 Å². The Bertz CT molecular complexity index is 1180. The van der Waals surface area contributed by atoms with Crippen molar-refractivity contribution in [2.24, 2.45) is 0 Å². The summed E-state index contributed by atoms with van der Waals surface area (Å²) in [5.41, 5.74) is 1.03. The van der Waals surface area contributed by atoms with E-state index in [0.29, 0.717) is 16.9 Å². The number of hydrogen-bond acceptors (Lipinski definition) is 6. The van der Waals surface area contributed by atoms with Gasteiger partial charge in [-0.15, -0.1) is 0 Å². The SMILES string of the molecule is COc1ccc(S(=O)(=O)N2CCN(C(=O)CC[C@H](NC(=O)c3ccccc3)C(=O)O)CC2)cc1C. The molecule has 2 amide bonds. The van der Waals surface area contributed by atoms with Crippen LogP contribution in [0.3, 0.4) is 0 Å². The second-order valence-electron chi connectivity index (χ2n) is 8.19. The van der Waals surface area contributed by atoms with Crippen LogP contribution in [0.1, 0.15) is 28.8 Å². The van der Waals surface area contributed by atoms with Gasteiger partial charge in [-0.25, -0.2) is 13.2 Å². The maximum absolute atomic E-state index is 13.0. The lowest BCUT2D eigenvalue weighted by molar-refractivity contribution is -0.139. The number of amides is 2. The smallest absolute Gasteiger partial charge is 0.326 e. The van der Waals surface area contributed by atoms with Crippen LogP contribution in [0.15, 0.2) is 53.4 Å². The molecule has 1 fully saturated rings. The summed E-state index contributed by atoms with van der Waals surface area (Å²) in [6.07, 6.45) is -0.160. The summed E-state index contributed by atoms with van der Waals surface area (Å²) in [6, 6.07) is 11.7. The van der Waals surface area contributed by atoms with E-state index in [1.165, 1.54) is 22.4 Å². The number of piperazine rings is 1. The lowest BCUT2D eigenvalue weighted by Crippen LogP contribution is -2.50. The van der Waals surface area contributed by atoms with Crippen molar-refractivity contribution < 1.29 is 32.6 Å². The summed E-state index contributed by atoms with van der Waals surface area (Å²) in [6.45, 7) is 2.42. The van der Waals surface area contributed by atoms with Gasteiger partial charge in [0.2, 0.25) is 15.9 Å². The largest absolute Gasteiger partial charge is 0.496 e. The first-order chi connectivity index (χ1) is 16.6. The highest BCUT2D eigenvalue weighted by Crippen LogP contribution is 2.24. The number of hydrogen-bond donors (Lipinski definition) is 2. The number of ether oxygens (including phenoxy) is 1. The van der Waals surface area contributed by atoms with Gasteiger partial charge in [-0.3, -0.25) is 9.59 Å². The molecular formula is C24H29N3O7S. The zero-order chi connectivity index (χ0) is 25.6. The van der Waals surface area contributed by atoms with E-state index in [9.17, 15) is 27.9 Å². The van der Waals surface area contributed by atoms with Crippen LogP contribution in [0.25, 0.3) is 0 Å². The molecule has 0 spiro atoms. The Morgan fingerprint density at radius 3 is 2.29 bits per heavy atom. The van der Waals surface area contributed by atoms with Crippen LogP contribution >= 0.6 is 0 Å². The minimum atomic E-state index is -3.72. The van der Waals surface area contributed by atoms with Crippen molar-refractivity contribution in [1.82, 2.24) is 14.5 Å². The zero-order valence-corrected chi connectivity index (χ0v) is 20.5. The highest BCUT2D eigenvalue weighted by Gasteiger charge is 2.31. The number of aliphatic carboxylic acids is 1. The summed E-state index contributed by atoms with van der Waals surface area (Å²) in [7, 11) is -2.20. The van der Waals surface area contributed by atoms with E-state index in [1.54, 1.807) is 49.4 Å². The molecule has 11 heteroatoms. The van der Waals surface area contributed by atoms with Gasteiger partial charge in [0.25, 0.3) is 5.91 Å². The van der Waals surface area contributed by atoms with Crippen molar-refractivity contribution in [3.05, 3.63) is 59.7 Å². The Morgan fingerprint density at radius 2 is 1.71 bits per heavy atom. The molecule has 1 atom stereocenters. The number of benzene rings is 2. The molecule has 1 aliphatic heterocycles.